The highest BCUT2D eigenvalue weighted by Gasteiger charge is 2.31. The number of carboxylic acid groups (broad SMARTS) is 1. The number of H-pyrrole nitrogens is 1. The number of phenols is 1. The lowest BCUT2D eigenvalue weighted by Gasteiger charge is -2.34. The van der Waals surface area contributed by atoms with Gasteiger partial charge in [0, 0.05) is 48.8 Å². The van der Waals surface area contributed by atoms with Crippen LogP contribution in [0.1, 0.15) is 79.2 Å². The van der Waals surface area contributed by atoms with E-state index in [0.717, 1.165) is 50.0 Å². The van der Waals surface area contributed by atoms with Crippen LogP contribution in [-0.4, -0.2) is 51.5 Å². The molecule has 0 bridgehead atoms. The molecule has 200 valence electrons. The molecule has 0 unspecified atom stereocenters. The first-order valence-electron chi connectivity index (χ1n) is 13.1. The molecule has 1 aliphatic rings. The summed E-state index contributed by atoms with van der Waals surface area (Å²) < 4.78 is 0.122. The van der Waals surface area contributed by atoms with Gasteiger partial charge in [0.25, 0.3) is 0 Å². The van der Waals surface area contributed by atoms with Crippen LogP contribution in [0.2, 0.25) is 0 Å². The molecule has 1 aromatic carbocycles. The predicted molar refractivity (Wildman–Crippen MR) is 149 cm³/mol. The van der Waals surface area contributed by atoms with E-state index in [4.69, 9.17) is 5.11 Å². The fourth-order valence-corrected chi connectivity index (χ4v) is 6.08. The van der Waals surface area contributed by atoms with E-state index in [1.807, 2.05) is 6.07 Å². The summed E-state index contributed by atoms with van der Waals surface area (Å²) in [5.74, 6) is -0.338. The van der Waals surface area contributed by atoms with Crippen LogP contribution in [0.5, 0.6) is 5.75 Å². The summed E-state index contributed by atoms with van der Waals surface area (Å²) in [5.41, 5.74) is 3.43. The lowest BCUT2D eigenvalue weighted by atomic mass is 9.88. The van der Waals surface area contributed by atoms with Crippen molar-refractivity contribution in [2.45, 2.75) is 89.8 Å². The first-order valence-corrected chi connectivity index (χ1v) is 14.0. The highest BCUT2D eigenvalue weighted by Crippen LogP contribution is 2.42. The van der Waals surface area contributed by atoms with Crippen molar-refractivity contribution in [1.29, 1.82) is 0 Å². The van der Waals surface area contributed by atoms with Crippen molar-refractivity contribution in [3.05, 3.63) is 17.7 Å². The summed E-state index contributed by atoms with van der Waals surface area (Å²) in [7, 11) is 0. The van der Waals surface area contributed by atoms with Gasteiger partial charge in [0.05, 0.1) is 11.9 Å². The number of hydrogen-bond acceptors (Lipinski definition) is 4. The van der Waals surface area contributed by atoms with E-state index >= 15 is 0 Å². The van der Waals surface area contributed by atoms with E-state index in [2.05, 4.69) is 62.8 Å². The third-order valence-electron chi connectivity index (χ3n) is 6.54. The van der Waals surface area contributed by atoms with Crippen molar-refractivity contribution < 1.29 is 19.8 Å². The van der Waals surface area contributed by atoms with Crippen LogP contribution >= 0.6 is 0 Å². The molecule has 8 heteroatoms. The molecule has 4 N–H and O–H groups in total. The van der Waals surface area contributed by atoms with E-state index < -0.39 is 5.97 Å². The van der Waals surface area contributed by atoms with Crippen LogP contribution in [0.4, 0.5) is 5.69 Å². The number of fused-ring (bicyclic) bond motifs is 1. The normalized spacial score (nSPS) is 15.4. The zero-order valence-corrected chi connectivity index (χ0v) is 23.6. The summed E-state index contributed by atoms with van der Waals surface area (Å²) in [4.78, 5) is 28.4. The molecule has 1 aliphatic heterocycles. The van der Waals surface area contributed by atoms with Crippen LogP contribution in [-0.2, 0) is 27.8 Å². The number of anilines is 1. The largest absolute Gasteiger partial charge is 0.506 e. The topological polar surface area (TPSA) is 106 Å². The van der Waals surface area contributed by atoms with E-state index in [1.165, 1.54) is 27.7 Å². The number of aromatic amines is 1. The summed E-state index contributed by atoms with van der Waals surface area (Å²) in [5, 5.41) is 24.9. The fraction of sp³-hybridized carbons (Fsp3) is 0.643. The summed E-state index contributed by atoms with van der Waals surface area (Å²) in [6.45, 7) is 15.8. The molecular formula is C28H44N3O4S+. The molecule has 0 aliphatic carbocycles. The molecule has 2 heterocycles. The quantitative estimate of drug-likeness (QED) is 0.275. The summed E-state index contributed by atoms with van der Waals surface area (Å²) >= 11 is 1.25. The maximum atomic E-state index is 11.8. The molecule has 2 aromatic rings. The van der Waals surface area contributed by atoms with Gasteiger partial charge in [-0.15, -0.1) is 0 Å². The van der Waals surface area contributed by atoms with Gasteiger partial charge < -0.3 is 25.4 Å². The van der Waals surface area contributed by atoms with Gasteiger partial charge in [-0.1, -0.05) is 20.8 Å². The van der Waals surface area contributed by atoms with Gasteiger partial charge in [-0.25, -0.2) is 0 Å². The number of aromatic nitrogens is 1. The number of amides is 1. The molecule has 7 nitrogen and oxygen atoms in total. The van der Waals surface area contributed by atoms with Crippen molar-refractivity contribution >= 4 is 40.2 Å². The van der Waals surface area contributed by atoms with E-state index in [9.17, 15) is 14.7 Å². The first-order chi connectivity index (χ1) is 16.7. The number of carboxylic acids is 1. The van der Waals surface area contributed by atoms with E-state index in [-0.39, 0.29) is 28.9 Å². The van der Waals surface area contributed by atoms with Crippen molar-refractivity contribution in [2.75, 3.05) is 24.5 Å². The van der Waals surface area contributed by atoms with Crippen LogP contribution in [0.3, 0.4) is 0 Å². The van der Waals surface area contributed by atoms with Gasteiger partial charge in [0.1, 0.15) is 16.2 Å². The molecule has 1 aromatic heterocycles. The lowest BCUT2D eigenvalue weighted by molar-refractivity contribution is -0.138. The second-order valence-electron chi connectivity index (χ2n) is 12.3. The Morgan fingerprint density at radius 2 is 1.78 bits per heavy atom. The molecule has 36 heavy (non-hydrogen) atoms. The van der Waals surface area contributed by atoms with Crippen LogP contribution in [0.15, 0.2) is 17.2 Å². The lowest BCUT2D eigenvalue weighted by Crippen LogP contribution is -2.35. The number of nitrogens with one attached hydrogen (secondary N) is 2. The Kier molecular flexibility index (Phi) is 8.91. The average molecular weight is 519 g/mol. The van der Waals surface area contributed by atoms with E-state index in [0.29, 0.717) is 18.2 Å². The number of phenolic OH excluding ortho intramolecular Hbond substituents is 1. The Morgan fingerprint density at radius 3 is 2.36 bits per heavy atom. The number of aromatic hydroxyl groups is 1. The molecule has 3 rings (SSSR count). The zero-order valence-electron chi connectivity index (χ0n) is 22.7. The second-order valence-corrected chi connectivity index (χ2v) is 14.3. The number of carbonyl (C=O) groups is 2. The minimum atomic E-state index is -0.951. The number of thiol groups is 1. The van der Waals surface area contributed by atoms with Crippen molar-refractivity contribution in [2.24, 2.45) is 11.3 Å². The first kappa shape index (κ1) is 28.2. The molecule has 1 saturated heterocycles. The standard InChI is InChI=1S/C28H43N3O4S/c1-27(2,3)17-20-19-7-8-21(32)25(24(19)30-26(20)36-28(4,5)6)31-15-12-18(13-16-31)11-14-29-22(33)9-10-23(34)35/h7-8,18,30,32H,9-17H2,1-6H3,(H,29,33)(H,34,35)/p+1. The number of carbonyl (C=O) groups excluding carboxylic acids is 1. The zero-order chi connectivity index (χ0) is 26.7. The molecule has 0 atom stereocenters. The molecule has 0 saturated carbocycles. The molecule has 0 spiro atoms. The van der Waals surface area contributed by atoms with Crippen LogP contribution < -0.4 is 10.2 Å². The molecular weight excluding hydrogens is 474 g/mol. The van der Waals surface area contributed by atoms with Gasteiger partial charge >= 0.3 is 5.97 Å². The number of piperidine rings is 1. The van der Waals surface area contributed by atoms with Gasteiger partial charge in [0.2, 0.25) is 10.9 Å². The summed E-state index contributed by atoms with van der Waals surface area (Å²) in [6.07, 6.45) is 3.73. The van der Waals surface area contributed by atoms with Gasteiger partial charge in [-0.2, -0.15) is 0 Å². The SMILES string of the molecule is CC(C)(C)Cc1c([SH+]C(C)(C)C)[nH]c2c(N3CCC(CCNC(=O)CCC(=O)O)CC3)c(O)ccc12. The third kappa shape index (κ3) is 7.82. The maximum Gasteiger partial charge on any atom is 0.303 e. The van der Waals surface area contributed by atoms with Crippen molar-refractivity contribution in [3.63, 3.8) is 0 Å². The Hall–Kier alpha value is -2.35. The molecule has 0 radical (unpaired) electrons. The van der Waals surface area contributed by atoms with E-state index in [1.54, 1.807) is 0 Å². The monoisotopic (exact) mass is 518 g/mol. The maximum absolute atomic E-state index is 11.8. The predicted octanol–water partition coefficient (Wildman–Crippen LogP) is 5.02. The smallest absolute Gasteiger partial charge is 0.303 e. The van der Waals surface area contributed by atoms with Gasteiger partial charge in [-0.3, -0.25) is 9.59 Å². The minimum absolute atomic E-state index is 0.0288. The Morgan fingerprint density at radius 1 is 1.11 bits per heavy atom. The average Bonchev–Trinajstić information content (AvgIpc) is 3.06. The van der Waals surface area contributed by atoms with Crippen LogP contribution in [0.25, 0.3) is 10.9 Å². The molecule has 1 amide bonds. The number of benzene rings is 1. The van der Waals surface area contributed by atoms with Gasteiger partial charge in [-0.05, 0) is 69.9 Å². The number of hydrogen-bond donors (Lipinski definition) is 4. The Balaban J connectivity index is 1.73. The Labute approximate surface area is 219 Å². The van der Waals surface area contributed by atoms with Crippen molar-refractivity contribution in [3.8, 4) is 5.75 Å². The summed E-state index contributed by atoms with van der Waals surface area (Å²) in [6, 6.07) is 3.90. The van der Waals surface area contributed by atoms with Gasteiger partial charge in [0.15, 0.2) is 0 Å². The van der Waals surface area contributed by atoms with Crippen LogP contribution in [0, 0.1) is 11.3 Å². The molecule has 1 fully saturated rings. The second kappa shape index (κ2) is 11.4. The highest BCUT2D eigenvalue weighted by molar-refractivity contribution is 7.80. The minimum Gasteiger partial charge on any atom is -0.506 e. The van der Waals surface area contributed by atoms with Crippen molar-refractivity contribution in [1.82, 2.24) is 10.3 Å². The number of nitrogens with zero attached hydrogens (tertiary/aromatic N) is 1. The number of rotatable bonds is 9. The highest BCUT2D eigenvalue weighted by atomic mass is 32.2. The third-order valence-corrected chi connectivity index (χ3v) is 7.81. The fourth-order valence-electron chi connectivity index (χ4n) is 4.91. The number of aliphatic carboxylic acids is 1. The Bertz CT molecular complexity index is 1070.